The van der Waals surface area contributed by atoms with Gasteiger partial charge in [0.15, 0.2) is 11.6 Å². The molecule has 1 N–H and O–H groups in total. The van der Waals surface area contributed by atoms with E-state index in [0.717, 1.165) is 48.4 Å². The number of rotatable bonds is 2. The topological polar surface area (TPSA) is 87.1 Å². The van der Waals surface area contributed by atoms with Gasteiger partial charge in [0.2, 0.25) is 0 Å². The molecule has 2 aliphatic rings. The fraction of sp³-hybridized carbons (Fsp3) is 0.286. The molecule has 0 spiro atoms. The van der Waals surface area contributed by atoms with Crippen molar-refractivity contribution < 1.29 is 4.79 Å². The van der Waals surface area contributed by atoms with Crippen molar-refractivity contribution in [3.8, 4) is 11.3 Å². The molecule has 2 aliphatic heterocycles. The Kier molecular flexibility index (Phi) is 4.31. The smallest absolute Gasteiger partial charge is 0.329 e. The monoisotopic (exact) mass is 387 g/mol. The second kappa shape index (κ2) is 7.12. The zero-order valence-electron chi connectivity index (χ0n) is 16.1. The van der Waals surface area contributed by atoms with Crippen LogP contribution in [0.25, 0.3) is 11.3 Å². The predicted octanol–water partition coefficient (Wildman–Crippen LogP) is 3.26. The Balaban J connectivity index is 1.56. The second-order valence-corrected chi connectivity index (χ2v) is 7.44. The molecule has 5 rings (SSSR count). The van der Waals surface area contributed by atoms with Gasteiger partial charge in [-0.15, -0.1) is 5.10 Å². The number of nitrogens with zero attached hydrogens (tertiary/aromatic N) is 6. The van der Waals surface area contributed by atoms with Crippen molar-refractivity contribution in [1.29, 1.82) is 0 Å². The van der Waals surface area contributed by atoms with Crippen LogP contribution in [0.5, 0.6) is 0 Å². The Bertz CT molecular complexity index is 1060. The van der Waals surface area contributed by atoms with Crippen molar-refractivity contribution in [2.45, 2.75) is 25.8 Å². The maximum atomic E-state index is 13.2. The Morgan fingerprint density at radius 1 is 1.24 bits per heavy atom. The van der Waals surface area contributed by atoms with E-state index in [2.05, 4.69) is 37.5 Å². The van der Waals surface area contributed by atoms with Crippen LogP contribution in [0, 0.1) is 6.92 Å². The van der Waals surface area contributed by atoms with E-state index >= 15 is 0 Å². The Hall–Kier alpha value is -3.55. The maximum absolute atomic E-state index is 13.2. The normalized spacial score (nSPS) is 17.6. The van der Waals surface area contributed by atoms with Crippen LogP contribution in [0.4, 0.5) is 22.1 Å². The number of fused-ring (bicyclic) bond motifs is 4. The van der Waals surface area contributed by atoms with Gasteiger partial charge in [-0.25, -0.2) is 9.78 Å². The number of nitrogens with one attached hydrogen (secondary N) is 1. The van der Waals surface area contributed by atoms with Crippen LogP contribution in [0.2, 0.25) is 0 Å². The van der Waals surface area contributed by atoms with E-state index in [1.807, 2.05) is 19.2 Å². The molecule has 8 heteroatoms. The van der Waals surface area contributed by atoms with Gasteiger partial charge in [-0.05, 0) is 55.7 Å². The SMILES string of the molecule is Cc1cncc(-c2ccc3c(n2)N(C(=O)Nc2cccnn2)[C@H]2CCCN3C2)c1. The average molecular weight is 387 g/mol. The van der Waals surface area contributed by atoms with Crippen LogP contribution in [0.1, 0.15) is 18.4 Å². The minimum Gasteiger partial charge on any atom is -0.366 e. The van der Waals surface area contributed by atoms with E-state index in [1.54, 1.807) is 29.4 Å². The van der Waals surface area contributed by atoms with Crippen molar-refractivity contribution in [2.75, 3.05) is 28.2 Å². The summed E-state index contributed by atoms with van der Waals surface area (Å²) in [4.78, 5) is 26.5. The molecule has 1 saturated heterocycles. The average Bonchev–Trinajstić information content (AvgIpc) is 2.74. The molecule has 0 saturated carbocycles. The fourth-order valence-electron chi connectivity index (χ4n) is 4.08. The number of pyridine rings is 2. The largest absolute Gasteiger partial charge is 0.366 e. The van der Waals surface area contributed by atoms with Crippen LogP contribution in [0.15, 0.2) is 48.9 Å². The number of aromatic nitrogens is 4. The van der Waals surface area contributed by atoms with Gasteiger partial charge < -0.3 is 4.90 Å². The molecule has 2 amide bonds. The molecule has 2 bridgehead atoms. The predicted molar refractivity (Wildman–Crippen MR) is 111 cm³/mol. The molecule has 3 aromatic heterocycles. The van der Waals surface area contributed by atoms with Crippen molar-refractivity contribution in [2.24, 2.45) is 0 Å². The number of hydrogen-bond donors (Lipinski definition) is 1. The summed E-state index contributed by atoms with van der Waals surface area (Å²) in [6, 6.07) is 9.43. The number of aryl methyl sites for hydroxylation is 1. The molecule has 0 unspecified atom stereocenters. The molecule has 0 aliphatic carbocycles. The highest BCUT2D eigenvalue weighted by atomic mass is 16.2. The standard InChI is InChI=1S/C21H21N7O/c1-14-10-15(12-22-11-14)17-6-7-18-20(24-17)28(16-4-3-9-27(18)13-16)21(29)25-19-5-2-8-23-26-19/h2,5-8,10-12,16H,3-4,9,13H2,1H3,(H,25,26,29)/t16-/m0/s1. The number of anilines is 3. The lowest BCUT2D eigenvalue weighted by molar-refractivity contribution is 0.252. The van der Waals surface area contributed by atoms with E-state index in [0.29, 0.717) is 11.6 Å². The van der Waals surface area contributed by atoms with Gasteiger partial charge in [0, 0.05) is 37.2 Å². The first kappa shape index (κ1) is 17.5. The minimum atomic E-state index is -0.231. The van der Waals surface area contributed by atoms with Gasteiger partial charge in [0.25, 0.3) is 0 Å². The van der Waals surface area contributed by atoms with E-state index in [4.69, 9.17) is 4.98 Å². The van der Waals surface area contributed by atoms with Gasteiger partial charge in [0.05, 0.1) is 17.4 Å². The third-order valence-corrected chi connectivity index (χ3v) is 5.38. The van der Waals surface area contributed by atoms with Gasteiger partial charge in [0.1, 0.15) is 0 Å². The summed E-state index contributed by atoms with van der Waals surface area (Å²) in [7, 11) is 0. The highest BCUT2D eigenvalue weighted by molar-refractivity contribution is 6.04. The summed E-state index contributed by atoms with van der Waals surface area (Å²) in [5.74, 6) is 1.11. The number of piperidine rings is 1. The quantitative estimate of drug-likeness (QED) is 0.726. The van der Waals surface area contributed by atoms with E-state index in [1.165, 1.54) is 0 Å². The summed E-state index contributed by atoms with van der Waals surface area (Å²) in [5.41, 5.74) is 3.80. The molecule has 5 heterocycles. The van der Waals surface area contributed by atoms with Crippen molar-refractivity contribution in [3.63, 3.8) is 0 Å². The van der Waals surface area contributed by atoms with Gasteiger partial charge >= 0.3 is 6.03 Å². The summed E-state index contributed by atoms with van der Waals surface area (Å²) < 4.78 is 0. The van der Waals surface area contributed by atoms with Gasteiger partial charge in [-0.3, -0.25) is 15.2 Å². The van der Waals surface area contributed by atoms with Gasteiger partial charge in [-0.2, -0.15) is 5.10 Å². The van der Waals surface area contributed by atoms with Crippen LogP contribution in [-0.2, 0) is 0 Å². The molecule has 146 valence electrons. The van der Waals surface area contributed by atoms with Crippen LogP contribution in [0.3, 0.4) is 0 Å². The lowest BCUT2D eigenvalue weighted by Crippen LogP contribution is -2.56. The molecule has 1 atom stereocenters. The maximum Gasteiger partial charge on any atom is 0.329 e. The van der Waals surface area contributed by atoms with Crippen molar-refractivity contribution in [1.82, 2.24) is 20.2 Å². The first-order valence-corrected chi connectivity index (χ1v) is 9.75. The van der Waals surface area contributed by atoms with Crippen molar-refractivity contribution >= 4 is 23.4 Å². The highest BCUT2D eigenvalue weighted by Gasteiger charge is 2.38. The highest BCUT2D eigenvalue weighted by Crippen LogP contribution is 2.39. The molecule has 0 aromatic carbocycles. The third-order valence-electron chi connectivity index (χ3n) is 5.38. The molecular formula is C21H21N7O. The summed E-state index contributed by atoms with van der Waals surface area (Å²) in [6.07, 6.45) is 7.19. The van der Waals surface area contributed by atoms with Crippen LogP contribution >= 0.6 is 0 Å². The molecule has 8 nitrogen and oxygen atoms in total. The molecule has 0 radical (unpaired) electrons. The van der Waals surface area contributed by atoms with Gasteiger partial charge in [-0.1, -0.05) is 0 Å². The Labute approximate surface area is 168 Å². The Morgan fingerprint density at radius 3 is 3.00 bits per heavy atom. The number of carbonyl (C=O) groups is 1. The number of amides is 2. The second-order valence-electron chi connectivity index (χ2n) is 7.44. The molecule has 29 heavy (non-hydrogen) atoms. The Morgan fingerprint density at radius 2 is 2.17 bits per heavy atom. The molecule has 3 aromatic rings. The number of carbonyl (C=O) groups excluding carboxylic acids is 1. The molecule has 1 fully saturated rings. The van der Waals surface area contributed by atoms with Crippen molar-refractivity contribution in [3.05, 3.63) is 54.5 Å². The van der Waals surface area contributed by atoms with Crippen LogP contribution in [-0.4, -0.2) is 45.3 Å². The van der Waals surface area contributed by atoms with E-state index in [9.17, 15) is 4.79 Å². The lowest BCUT2D eigenvalue weighted by atomic mass is 9.99. The number of urea groups is 1. The third kappa shape index (κ3) is 3.26. The minimum absolute atomic E-state index is 0.0753. The summed E-state index contributed by atoms with van der Waals surface area (Å²) in [5, 5.41) is 10.7. The lowest BCUT2D eigenvalue weighted by Gasteiger charge is -2.45. The zero-order chi connectivity index (χ0) is 19.8. The first-order valence-electron chi connectivity index (χ1n) is 9.75. The van der Waals surface area contributed by atoms with E-state index < -0.39 is 0 Å². The first-order chi connectivity index (χ1) is 14.2. The zero-order valence-corrected chi connectivity index (χ0v) is 16.1. The number of hydrogen-bond acceptors (Lipinski definition) is 6. The summed E-state index contributed by atoms with van der Waals surface area (Å²) in [6.45, 7) is 3.80. The summed E-state index contributed by atoms with van der Waals surface area (Å²) >= 11 is 0. The van der Waals surface area contributed by atoms with Crippen LogP contribution < -0.4 is 15.1 Å². The molecular weight excluding hydrogens is 366 g/mol. The van der Waals surface area contributed by atoms with E-state index in [-0.39, 0.29) is 12.1 Å². The fourth-order valence-corrected chi connectivity index (χ4v) is 4.08.